The molecule has 3 nitrogen and oxygen atoms in total. The molecular formula is C11H14N2O. The van der Waals surface area contributed by atoms with E-state index in [9.17, 15) is 0 Å². The summed E-state index contributed by atoms with van der Waals surface area (Å²) < 4.78 is 5.39. The monoisotopic (exact) mass is 190 g/mol. The molecule has 0 amide bonds. The lowest BCUT2D eigenvalue weighted by Crippen LogP contribution is -2.30. The number of ether oxygens (including phenoxy) is 1. The topological polar surface area (TPSA) is 47.6 Å². The summed E-state index contributed by atoms with van der Waals surface area (Å²) in [6, 6.07) is 7.80. The molecule has 1 aromatic carbocycles. The Morgan fingerprint density at radius 2 is 2.36 bits per heavy atom. The van der Waals surface area contributed by atoms with Gasteiger partial charge in [-0.25, -0.2) is 0 Å². The Labute approximate surface area is 83.6 Å². The lowest BCUT2D eigenvalue weighted by Gasteiger charge is -2.28. The van der Waals surface area contributed by atoms with E-state index in [4.69, 9.17) is 10.5 Å². The van der Waals surface area contributed by atoms with Crippen molar-refractivity contribution < 1.29 is 4.74 Å². The maximum atomic E-state index is 5.73. The third-order valence-corrected chi connectivity index (χ3v) is 2.46. The van der Waals surface area contributed by atoms with E-state index in [2.05, 4.69) is 11.9 Å². The number of nitrogen functional groups attached to an aromatic ring is 1. The number of anilines is 1. The summed E-state index contributed by atoms with van der Waals surface area (Å²) in [4.78, 5) is 4.47. The standard InChI is InChI=1S/C11H14N2O/c1-11(8-14-6-5-13-11)9-3-2-4-10(12)7-9/h2-5,7H,6,8,12H2,1H3/t11-/m0/s1. The maximum absolute atomic E-state index is 5.73. The van der Waals surface area contributed by atoms with Crippen molar-refractivity contribution in [3.8, 4) is 0 Å². The predicted octanol–water partition coefficient (Wildman–Crippen LogP) is 1.59. The van der Waals surface area contributed by atoms with Gasteiger partial charge in [-0.1, -0.05) is 12.1 Å². The van der Waals surface area contributed by atoms with Gasteiger partial charge in [0.25, 0.3) is 0 Å². The first-order valence-electron chi connectivity index (χ1n) is 4.68. The molecule has 0 aromatic heterocycles. The van der Waals surface area contributed by atoms with Crippen LogP contribution in [0.3, 0.4) is 0 Å². The second-order valence-electron chi connectivity index (χ2n) is 3.73. The molecule has 0 fully saturated rings. The molecule has 0 bridgehead atoms. The van der Waals surface area contributed by atoms with Crippen LogP contribution in [0.1, 0.15) is 12.5 Å². The van der Waals surface area contributed by atoms with Gasteiger partial charge in [-0.05, 0) is 24.6 Å². The van der Waals surface area contributed by atoms with E-state index in [0.29, 0.717) is 13.2 Å². The molecule has 0 radical (unpaired) electrons. The third kappa shape index (κ3) is 1.63. The average Bonchev–Trinajstić information content (AvgIpc) is 2.19. The van der Waals surface area contributed by atoms with Crippen LogP contribution in [0.5, 0.6) is 0 Å². The molecule has 1 aliphatic rings. The van der Waals surface area contributed by atoms with Crippen LogP contribution in [0.15, 0.2) is 29.3 Å². The Bertz CT molecular complexity index is 362. The number of hydrogen-bond donors (Lipinski definition) is 1. The molecule has 3 heteroatoms. The first-order valence-corrected chi connectivity index (χ1v) is 4.68. The van der Waals surface area contributed by atoms with Gasteiger partial charge in [0.05, 0.1) is 13.2 Å². The molecule has 1 atom stereocenters. The van der Waals surface area contributed by atoms with Gasteiger partial charge in [-0.2, -0.15) is 0 Å². The van der Waals surface area contributed by atoms with Crippen LogP contribution in [0.4, 0.5) is 5.69 Å². The van der Waals surface area contributed by atoms with Gasteiger partial charge in [0.15, 0.2) is 0 Å². The Morgan fingerprint density at radius 1 is 1.50 bits per heavy atom. The Balaban J connectivity index is 2.37. The van der Waals surface area contributed by atoms with Gasteiger partial charge in [0, 0.05) is 11.9 Å². The molecule has 74 valence electrons. The van der Waals surface area contributed by atoms with Gasteiger partial charge in [-0.15, -0.1) is 0 Å². The molecule has 0 saturated heterocycles. The highest BCUT2D eigenvalue weighted by atomic mass is 16.5. The smallest absolute Gasteiger partial charge is 0.106 e. The second kappa shape index (κ2) is 3.42. The molecule has 2 rings (SSSR count). The lowest BCUT2D eigenvalue weighted by atomic mass is 9.93. The van der Waals surface area contributed by atoms with E-state index >= 15 is 0 Å². The predicted molar refractivity (Wildman–Crippen MR) is 57.5 cm³/mol. The van der Waals surface area contributed by atoms with Crippen LogP contribution >= 0.6 is 0 Å². The highest BCUT2D eigenvalue weighted by Gasteiger charge is 2.27. The molecule has 2 N–H and O–H groups in total. The third-order valence-electron chi connectivity index (χ3n) is 2.46. The summed E-state index contributed by atoms with van der Waals surface area (Å²) in [5, 5.41) is 0. The van der Waals surface area contributed by atoms with Gasteiger partial charge in [0.1, 0.15) is 5.54 Å². The van der Waals surface area contributed by atoms with Crippen molar-refractivity contribution in [2.75, 3.05) is 18.9 Å². The molecule has 14 heavy (non-hydrogen) atoms. The highest BCUT2D eigenvalue weighted by molar-refractivity contribution is 5.61. The quantitative estimate of drug-likeness (QED) is 0.683. The van der Waals surface area contributed by atoms with Crippen LogP contribution in [0.2, 0.25) is 0 Å². The van der Waals surface area contributed by atoms with Gasteiger partial charge >= 0.3 is 0 Å². The van der Waals surface area contributed by atoms with E-state index in [1.54, 1.807) is 0 Å². The van der Waals surface area contributed by atoms with Crippen molar-refractivity contribution >= 4 is 11.9 Å². The highest BCUT2D eigenvalue weighted by Crippen LogP contribution is 2.28. The van der Waals surface area contributed by atoms with E-state index in [-0.39, 0.29) is 5.54 Å². The number of nitrogens with two attached hydrogens (primary N) is 1. The molecule has 0 saturated carbocycles. The second-order valence-corrected chi connectivity index (χ2v) is 3.73. The van der Waals surface area contributed by atoms with Crippen molar-refractivity contribution in [1.29, 1.82) is 0 Å². The normalized spacial score (nSPS) is 26.4. The van der Waals surface area contributed by atoms with Crippen molar-refractivity contribution in [2.45, 2.75) is 12.5 Å². The van der Waals surface area contributed by atoms with E-state index in [0.717, 1.165) is 11.3 Å². The molecule has 0 unspecified atom stereocenters. The van der Waals surface area contributed by atoms with Gasteiger partial charge in [0.2, 0.25) is 0 Å². The first-order chi connectivity index (χ1) is 6.71. The van der Waals surface area contributed by atoms with Crippen molar-refractivity contribution in [3.05, 3.63) is 29.8 Å². The summed E-state index contributed by atoms with van der Waals surface area (Å²) in [6.45, 7) is 3.28. The summed E-state index contributed by atoms with van der Waals surface area (Å²) in [5.74, 6) is 0. The minimum atomic E-state index is -0.270. The van der Waals surface area contributed by atoms with Crippen molar-refractivity contribution in [1.82, 2.24) is 0 Å². The SMILES string of the molecule is C[C@@]1(c2cccc(N)c2)COCC=N1. The van der Waals surface area contributed by atoms with Crippen LogP contribution in [-0.4, -0.2) is 19.4 Å². The van der Waals surface area contributed by atoms with Crippen molar-refractivity contribution in [3.63, 3.8) is 0 Å². The fourth-order valence-electron chi connectivity index (χ4n) is 1.62. The summed E-state index contributed by atoms with van der Waals surface area (Å²) >= 11 is 0. The Hall–Kier alpha value is -1.35. The molecule has 1 aliphatic heterocycles. The maximum Gasteiger partial charge on any atom is 0.106 e. The summed E-state index contributed by atoms with van der Waals surface area (Å²) in [7, 11) is 0. The molecule has 0 aliphatic carbocycles. The molecule has 0 spiro atoms. The first kappa shape index (κ1) is 9.21. The number of benzene rings is 1. The van der Waals surface area contributed by atoms with Crippen LogP contribution in [0.25, 0.3) is 0 Å². The Kier molecular flexibility index (Phi) is 2.25. The van der Waals surface area contributed by atoms with E-state index in [1.807, 2.05) is 30.5 Å². The number of nitrogens with zero attached hydrogens (tertiary/aromatic N) is 1. The molecule has 1 heterocycles. The minimum absolute atomic E-state index is 0.270. The fourth-order valence-corrected chi connectivity index (χ4v) is 1.62. The molecular weight excluding hydrogens is 176 g/mol. The zero-order valence-corrected chi connectivity index (χ0v) is 8.23. The van der Waals surface area contributed by atoms with E-state index in [1.165, 1.54) is 0 Å². The zero-order valence-electron chi connectivity index (χ0n) is 8.23. The largest absolute Gasteiger partial charge is 0.399 e. The number of rotatable bonds is 1. The summed E-state index contributed by atoms with van der Waals surface area (Å²) in [5.41, 5.74) is 7.33. The Morgan fingerprint density at radius 3 is 3.00 bits per heavy atom. The summed E-state index contributed by atoms with van der Waals surface area (Å²) in [6.07, 6.45) is 1.81. The van der Waals surface area contributed by atoms with Crippen LogP contribution in [-0.2, 0) is 10.3 Å². The average molecular weight is 190 g/mol. The van der Waals surface area contributed by atoms with E-state index < -0.39 is 0 Å². The fraction of sp³-hybridized carbons (Fsp3) is 0.364. The molecule has 1 aromatic rings. The van der Waals surface area contributed by atoms with Gasteiger partial charge < -0.3 is 10.5 Å². The van der Waals surface area contributed by atoms with Gasteiger partial charge in [-0.3, -0.25) is 4.99 Å². The lowest BCUT2D eigenvalue weighted by molar-refractivity contribution is 0.110. The number of aliphatic imine (C=N–C) groups is 1. The van der Waals surface area contributed by atoms with Crippen molar-refractivity contribution in [2.24, 2.45) is 4.99 Å². The van der Waals surface area contributed by atoms with Crippen LogP contribution < -0.4 is 5.73 Å². The zero-order chi connectivity index (χ0) is 10.0. The minimum Gasteiger partial charge on any atom is -0.399 e. The number of hydrogen-bond acceptors (Lipinski definition) is 3. The van der Waals surface area contributed by atoms with Crippen LogP contribution in [0, 0.1) is 0 Å².